The van der Waals surface area contributed by atoms with Crippen LogP contribution in [0.5, 0.6) is 5.75 Å². The van der Waals surface area contributed by atoms with Crippen LogP contribution >= 0.6 is 11.3 Å². The van der Waals surface area contributed by atoms with Gasteiger partial charge >= 0.3 is 0 Å². The average Bonchev–Trinajstić information content (AvgIpc) is 3.03. The Kier molecular flexibility index (Phi) is 1.64. The molecule has 0 fully saturated rings. The zero-order valence-electron chi connectivity index (χ0n) is 24.7. The van der Waals surface area contributed by atoms with Gasteiger partial charge in [0.15, 0.2) is 0 Å². The molecule has 1 heterocycles. The highest BCUT2D eigenvalue weighted by atomic mass is 32.1. The number of hydrogen-bond donors (Lipinski definition) is 1. The normalized spacial score (nSPS) is 24.0. The quantitative estimate of drug-likeness (QED) is 0.716. The number of thiophene rings is 1. The van der Waals surface area contributed by atoms with E-state index in [0.29, 0.717) is 11.3 Å². The number of fused-ring (bicyclic) bond motifs is 1. The smallest absolute Gasteiger partial charge is 0.134 e. The van der Waals surface area contributed by atoms with Crippen LogP contribution in [0.2, 0.25) is 0 Å². The summed E-state index contributed by atoms with van der Waals surface area (Å²) in [5.74, 6) is -0.622. The van der Waals surface area contributed by atoms with E-state index in [-0.39, 0.29) is 16.8 Å². The summed E-state index contributed by atoms with van der Waals surface area (Å²) in [6, 6.07) is -5.77. The van der Waals surface area contributed by atoms with Gasteiger partial charge in [0.1, 0.15) is 11.8 Å². The first-order chi connectivity index (χ1) is 16.0. The van der Waals surface area contributed by atoms with Gasteiger partial charge in [-0.2, -0.15) is 0 Å². The van der Waals surface area contributed by atoms with E-state index in [1.165, 1.54) is 0 Å². The molecule has 2 aromatic carbocycles. The molecule has 0 spiro atoms. The lowest BCUT2D eigenvalue weighted by Gasteiger charge is -2.19. The van der Waals surface area contributed by atoms with Crippen molar-refractivity contribution in [2.45, 2.75) is 12.5 Å². The summed E-state index contributed by atoms with van der Waals surface area (Å²) in [5, 5.41) is 1.04. The molecule has 2 nitrogen and oxygen atoms in total. The van der Waals surface area contributed by atoms with E-state index in [4.69, 9.17) is 23.9 Å². The summed E-state index contributed by atoms with van der Waals surface area (Å²) in [6.07, 6.45) is -2.83. The van der Waals surface area contributed by atoms with Gasteiger partial charge in [-0.05, 0) is 36.3 Å². The van der Waals surface area contributed by atoms with Crippen molar-refractivity contribution in [3.8, 4) is 5.75 Å². The van der Waals surface area contributed by atoms with Crippen molar-refractivity contribution in [3.63, 3.8) is 0 Å². The van der Waals surface area contributed by atoms with Crippen molar-refractivity contribution >= 4 is 22.1 Å². The van der Waals surface area contributed by atoms with E-state index in [1.54, 1.807) is 0 Å². The molecule has 3 aromatic rings. The van der Waals surface area contributed by atoms with E-state index < -0.39 is 90.4 Å². The molecule has 0 aliphatic carbocycles. The maximum absolute atomic E-state index is 8.97. The highest BCUT2D eigenvalue weighted by molar-refractivity contribution is 7.10. The number of rotatable bonds is 6. The van der Waals surface area contributed by atoms with Crippen molar-refractivity contribution < 1.29 is 23.9 Å². The molecule has 0 aliphatic rings. The SMILES string of the molecule is [2H]c1sc(C([2H])(CCNC([2H])([2H])[2H])Oc2c([2H])c([2H])c([2H])c3c([2H])c([2H])c([2H])c([2H])c23)c([2H])c1[2H]. The first kappa shape index (κ1) is 5.11. The third kappa shape index (κ3) is 3.26. The average molecular weight is 312 g/mol. The lowest BCUT2D eigenvalue weighted by molar-refractivity contribution is 0.201. The van der Waals surface area contributed by atoms with E-state index in [2.05, 4.69) is 5.32 Å². The highest BCUT2D eigenvalue weighted by Gasteiger charge is 2.15. The Balaban J connectivity index is 2.31. The predicted octanol–water partition coefficient (Wildman–Crippen LogP) is 4.63. The first-order valence-corrected chi connectivity index (χ1v) is 6.84. The van der Waals surface area contributed by atoms with Crippen LogP contribution in [0.3, 0.4) is 0 Å². The molecule has 3 rings (SSSR count). The molecule has 1 atom stereocenters. The number of benzene rings is 2. The maximum Gasteiger partial charge on any atom is 0.134 e. The zero-order chi connectivity index (χ0) is 26.6. The molecule has 1 aromatic heterocycles. The van der Waals surface area contributed by atoms with Crippen molar-refractivity contribution in [3.05, 3.63) is 64.6 Å². The molecular weight excluding hydrogens is 278 g/mol. The van der Waals surface area contributed by atoms with E-state index in [1.807, 2.05) is 0 Å². The Morgan fingerprint density at radius 3 is 3.00 bits per heavy atom. The fourth-order valence-electron chi connectivity index (χ4n) is 1.69. The number of nitrogens with one attached hydrogen (secondary N) is 1. The van der Waals surface area contributed by atoms with Crippen molar-refractivity contribution in [2.75, 3.05) is 13.5 Å². The van der Waals surface area contributed by atoms with Crippen molar-refractivity contribution in [2.24, 2.45) is 0 Å². The standard InChI is InChI=1S/C18H19NOS/c1-19-12-11-17(18-10-5-13-21-18)20-16-9-4-7-14-6-2-3-8-15(14)16/h2-10,13,17,19H,11-12H2,1H3/i1D3,2D,3D,4D,5D,6D,7D,8D,9D,10D,13D,17D. The van der Waals surface area contributed by atoms with Gasteiger partial charge in [0.2, 0.25) is 0 Å². The Labute approximate surface area is 149 Å². The molecule has 108 valence electrons. The molecule has 0 radical (unpaired) electrons. The first-order valence-electron chi connectivity index (χ1n) is 13.0. The number of ether oxygens (including phenoxy) is 1. The van der Waals surface area contributed by atoms with Gasteiger partial charge < -0.3 is 10.1 Å². The molecule has 1 unspecified atom stereocenters. The third-order valence-corrected chi connectivity index (χ3v) is 3.35. The Bertz CT molecular complexity index is 1310. The minimum absolute atomic E-state index is 0.255. The summed E-state index contributed by atoms with van der Waals surface area (Å²) in [6.45, 7) is -2.93. The van der Waals surface area contributed by atoms with Gasteiger partial charge in [0.25, 0.3) is 0 Å². The lowest BCUT2D eigenvalue weighted by atomic mass is 10.1. The second-order valence-corrected chi connectivity index (χ2v) is 4.76. The molecular formula is C18H19NOS. The van der Waals surface area contributed by atoms with Gasteiger partial charge in [-0.3, -0.25) is 0 Å². The largest absolute Gasteiger partial charge is 0.484 e. The van der Waals surface area contributed by atoms with Crippen LogP contribution in [0.1, 0.15) is 36.6 Å². The molecule has 1 N–H and O–H groups in total. The van der Waals surface area contributed by atoms with Gasteiger partial charge in [0, 0.05) is 20.8 Å². The molecule has 0 saturated heterocycles. The molecule has 0 amide bonds. The zero-order valence-corrected chi connectivity index (χ0v) is 11.5. The Morgan fingerprint density at radius 2 is 2.14 bits per heavy atom. The number of hydrogen-bond acceptors (Lipinski definition) is 3. The van der Waals surface area contributed by atoms with Gasteiger partial charge in [0.05, 0.1) is 15.1 Å². The fourth-order valence-corrected chi connectivity index (χ4v) is 2.25. The predicted molar refractivity (Wildman–Crippen MR) is 90.2 cm³/mol. The van der Waals surface area contributed by atoms with Crippen LogP contribution in [-0.4, -0.2) is 13.5 Å². The molecule has 3 heteroatoms. The summed E-state index contributed by atoms with van der Waals surface area (Å²) in [5.41, 5.74) is 0. The molecule has 0 aliphatic heterocycles. The van der Waals surface area contributed by atoms with E-state index >= 15 is 0 Å². The van der Waals surface area contributed by atoms with Gasteiger partial charge in [-0.25, -0.2) is 0 Å². The maximum atomic E-state index is 8.97. The van der Waals surface area contributed by atoms with E-state index in [9.17, 15) is 0 Å². The van der Waals surface area contributed by atoms with Crippen LogP contribution in [0.15, 0.2) is 59.7 Å². The van der Waals surface area contributed by atoms with Crippen LogP contribution < -0.4 is 10.1 Å². The van der Waals surface area contributed by atoms with Crippen LogP contribution in [0.25, 0.3) is 10.8 Å². The Hall–Kier alpha value is -1.84. The highest BCUT2D eigenvalue weighted by Crippen LogP contribution is 2.32. The van der Waals surface area contributed by atoms with Gasteiger partial charge in [-0.1, -0.05) is 42.3 Å². The van der Waals surface area contributed by atoms with Crippen molar-refractivity contribution in [1.82, 2.24) is 5.32 Å². The molecule has 0 saturated carbocycles. The summed E-state index contributed by atoms with van der Waals surface area (Å²) >= 11 is 0.571. The molecule has 0 bridgehead atoms. The van der Waals surface area contributed by atoms with Crippen LogP contribution in [0, 0.1) is 0 Å². The van der Waals surface area contributed by atoms with Gasteiger partial charge in [-0.15, -0.1) is 11.3 Å². The van der Waals surface area contributed by atoms with Crippen LogP contribution in [-0.2, 0) is 0 Å². The molecule has 21 heavy (non-hydrogen) atoms. The summed E-state index contributed by atoms with van der Waals surface area (Å²) in [4.78, 5) is -0.255. The second-order valence-electron chi connectivity index (χ2n) is 3.94. The summed E-state index contributed by atoms with van der Waals surface area (Å²) < 4.78 is 117. The minimum Gasteiger partial charge on any atom is -0.484 e. The summed E-state index contributed by atoms with van der Waals surface area (Å²) in [7, 11) is 0. The second kappa shape index (κ2) is 6.74. The van der Waals surface area contributed by atoms with Crippen LogP contribution in [0.4, 0.5) is 0 Å². The van der Waals surface area contributed by atoms with Crippen molar-refractivity contribution in [1.29, 1.82) is 0 Å². The minimum atomic E-state index is -2.57. The lowest BCUT2D eigenvalue weighted by Crippen LogP contribution is -2.15. The third-order valence-electron chi connectivity index (χ3n) is 2.61. The Morgan fingerprint density at radius 1 is 1.24 bits per heavy atom. The monoisotopic (exact) mass is 311 g/mol. The topological polar surface area (TPSA) is 21.3 Å². The van der Waals surface area contributed by atoms with E-state index in [0.717, 1.165) is 0 Å². The fraction of sp³-hybridized carbons (Fsp3) is 0.222.